The van der Waals surface area contributed by atoms with Crippen LogP contribution in [0.25, 0.3) is 0 Å². The molecule has 21 heavy (non-hydrogen) atoms. The monoisotopic (exact) mass is 322 g/mol. The Kier molecular flexibility index (Phi) is 4.89. The third-order valence-electron chi connectivity index (χ3n) is 2.42. The van der Waals surface area contributed by atoms with E-state index < -0.39 is 0 Å². The van der Waals surface area contributed by atoms with Crippen LogP contribution in [0.3, 0.4) is 0 Å². The summed E-state index contributed by atoms with van der Waals surface area (Å²) in [6.45, 7) is 3.78. The molecule has 4 nitrogen and oxygen atoms in total. The van der Waals surface area contributed by atoms with E-state index in [0.717, 1.165) is 0 Å². The Morgan fingerprint density at radius 2 is 1.95 bits per heavy atom. The van der Waals surface area contributed by atoms with Gasteiger partial charge in [-0.15, -0.1) is 0 Å². The lowest BCUT2D eigenvalue weighted by atomic mass is 10.2. The minimum atomic E-state index is -0.0188. The number of hydrogen-bond donors (Lipinski definition) is 0. The Balaban J connectivity index is 2.21. The lowest BCUT2D eigenvalue weighted by molar-refractivity contribution is 0.232. The number of benzene rings is 1. The van der Waals surface area contributed by atoms with Crippen molar-refractivity contribution in [3.05, 3.63) is 46.1 Å². The van der Waals surface area contributed by atoms with Crippen LogP contribution in [-0.2, 0) is 0 Å². The quantitative estimate of drug-likeness (QED) is 0.808. The van der Waals surface area contributed by atoms with Gasteiger partial charge >= 0.3 is 0 Å². The van der Waals surface area contributed by atoms with E-state index in [1.54, 1.807) is 18.2 Å². The minimum Gasteiger partial charge on any atom is -0.474 e. The topological polar surface area (TPSA) is 55.1 Å². The van der Waals surface area contributed by atoms with Gasteiger partial charge in [-0.05, 0) is 32.0 Å². The van der Waals surface area contributed by atoms with Gasteiger partial charge in [-0.1, -0.05) is 23.2 Å². The van der Waals surface area contributed by atoms with Crippen LogP contribution in [0.4, 0.5) is 0 Å². The fraction of sp³-hybridized carbons (Fsp3) is 0.200. The van der Waals surface area contributed by atoms with Gasteiger partial charge < -0.3 is 9.47 Å². The molecule has 0 saturated carbocycles. The van der Waals surface area contributed by atoms with Crippen molar-refractivity contribution in [2.75, 3.05) is 0 Å². The van der Waals surface area contributed by atoms with E-state index in [9.17, 15) is 0 Å². The van der Waals surface area contributed by atoms with Crippen molar-refractivity contribution in [1.29, 1.82) is 5.26 Å². The molecule has 0 saturated heterocycles. The summed E-state index contributed by atoms with van der Waals surface area (Å²) in [5.41, 5.74) is 0.462. The van der Waals surface area contributed by atoms with Crippen molar-refractivity contribution in [2.24, 2.45) is 0 Å². The Morgan fingerprint density at radius 3 is 2.52 bits per heavy atom. The molecule has 0 atom stereocenters. The number of halogens is 2. The first-order valence-corrected chi connectivity index (χ1v) is 6.95. The summed E-state index contributed by atoms with van der Waals surface area (Å²) in [7, 11) is 0. The molecule has 2 rings (SSSR count). The standard InChI is InChI=1S/C15H12Cl2N2O2/c1-9(2)20-15-13(17)6-11(8-19-15)21-14-4-3-10(7-18)5-12(14)16/h3-6,8-9H,1-2H3. The van der Waals surface area contributed by atoms with Gasteiger partial charge in [0.2, 0.25) is 5.88 Å². The maximum absolute atomic E-state index is 8.79. The van der Waals surface area contributed by atoms with Gasteiger partial charge in [0, 0.05) is 6.07 Å². The van der Waals surface area contributed by atoms with Gasteiger partial charge in [-0.25, -0.2) is 4.98 Å². The third kappa shape index (κ3) is 4.01. The average molecular weight is 323 g/mol. The number of pyridine rings is 1. The maximum atomic E-state index is 8.79. The van der Waals surface area contributed by atoms with Crippen LogP contribution in [0.5, 0.6) is 17.4 Å². The van der Waals surface area contributed by atoms with E-state index in [1.807, 2.05) is 19.9 Å². The third-order valence-corrected chi connectivity index (χ3v) is 2.98. The number of nitriles is 1. The summed E-state index contributed by atoms with van der Waals surface area (Å²) in [5.74, 6) is 1.21. The molecule has 0 spiro atoms. The smallest absolute Gasteiger partial charge is 0.233 e. The predicted molar refractivity (Wildman–Crippen MR) is 81.3 cm³/mol. The van der Waals surface area contributed by atoms with Crippen LogP contribution in [0.2, 0.25) is 10.0 Å². The molecule has 108 valence electrons. The van der Waals surface area contributed by atoms with E-state index in [2.05, 4.69) is 4.98 Å². The van der Waals surface area contributed by atoms with Crippen LogP contribution < -0.4 is 9.47 Å². The van der Waals surface area contributed by atoms with E-state index >= 15 is 0 Å². The van der Waals surface area contributed by atoms with Gasteiger partial charge in [0.25, 0.3) is 0 Å². The predicted octanol–water partition coefficient (Wildman–Crippen LogP) is 4.84. The van der Waals surface area contributed by atoms with Gasteiger partial charge in [-0.3, -0.25) is 0 Å². The first-order chi connectivity index (χ1) is 9.99. The molecule has 0 radical (unpaired) electrons. The SMILES string of the molecule is CC(C)Oc1ncc(Oc2ccc(C#N)cc2Cl)cc1Cl. The molecule has 2 aromatic rings. The highest BCUT2D eigenvalue weighted by Gasteiger charge is 2.10. The second kappa shape index (κ2) is 6.66. The number of aromatic nitrogens is 1. The van der Waals surface area contributed by atoms with Crippen molar-refractivity contribution in [3.8, 4) is 23.4 Å². The molecule has 0 aliphatic heterocycles. The van der Waals surface area contributed by atoms with Crippen LogP contribution in [0, 0.1) is 11.3 Å². The van der Waals surface area contributed by atoms with Gasteiger partial charge in [0.1, 0.15) is 16.5 Å². The number of rotatable bonds is 4. The zero-order valence-electron chi connectivity index (χ0n) is 11.4. The van der Waals surface area contributed by atoms with Crippen molar-refractivity contribution in [1.82, 2.24) is 4.98 Å². The van der Waals surface area contributed by atoms with Gasteiger partial charge in [-0.2, -0.15) is 5.26 Å². The van der Waals surface area contributed by atoms with E-state index in [4.69, 9.17) is 37.9 Å². The molecule has 1 aromatic heterocycles. The van der Waals surface area contributed by atoms with Crippen molar-refractivity contribution >= 4 is 23.2 Å². The van der Waals surface area contributed by atoms with Gasteiger partial charge in [0.05, 0.1) is 29.0 Å². The first kappa shape index (κ1) is 15.4. The molecule has 0 fully saturated rings. The molecule has 0 amide bonds. The summed E-state index contributed by atoms with van der Waals surface area (Å²) in [6.07, 6.45) is 1.48. The fourth-order valence-corrected chi connectivity index (χ4v) is 1.97. The molecule has 0 unspecified atom stereocenters. The highest BCUT2D eigenvalue weighted by atomic mass is 35.5. The van der Waals surface area contributed by atoms with E-state index in [0.29, 0.717) is 33.0 Å². The second-order valence-corrected chi connectivity index (χ2v) is 5.30. The van der Waals surface area contributed by atoms with E-state index in [1.165, 1.54) is 12.3 Å². The molecule has 0 aliphatic rings. The lowest BCUT2D eigenvalue weighted by Gasteiger charge is -2.12. The molecule has 1 heterocycles. The van der Waals surface area contributed by atoms with Crippen LogP contribution >= 0.6 is 23.2 Å². The Morgan fingerprint density at radius 1 is 1.19 bits per heavy atom. The number of ether oxygens (including phenoxy) is 2. The van der Waals surface area contributed by atoms with Crippen molar-refractivity contribution < 1.29 is 9.47 Å². The fourth-order valence-electron chi connectivity index (χ4n) is 1.55. The molecule has 0 N–H and O–H groups in total. The normalized spacial score (nSPS) is 10.3. The molecule has 6 heteroatoms. The second-order valence-electron chi connectivity index (χ2n) is 4.48. The number of hydrogen-bond acceptors (Lipinski definition) is 4. The van der Waals surface area contributed by atoms with Crippen LogP contribution in [0.15, 0.2) is 30.5 Å². The summed E-state index contributed by atoms with van der Waals surface area (Å²) in [4.78, 5) is 4.10. The van der Waals surface area contributed by atoms with Crippen LogP contribution in [0.1, 0.15) is 19.4 Å². The molecule has 1 aromatic carbocycles. The summed E-state index contributed by atoms with van der Waals surface area (Å²) >= 11 is 12.1. The molecular formula is C15H12Cl2N2O2. The van der Waals surface area contributed by atoms with Crippen molar-refractivity contribution in [2.45, 2.75) is 20.0 Å². The molecule has 0 aliphatic carbocycles. The Labute approximate surface area is 132 Å². The maximum Gasteiger partial charge on any atom is 0.233 e. The van der Waals surface area contributed by atoms with E-state index in [-0.39, 0.29) is 6.10 Å². The van der Waals surface area contributed by atoms with Crippen molar-refractivity contribution in [3.63, 3.8) is 0 Å². The lowest BCUT2D eigenvalue weighted by Crippen LogP contribution is -2.07. The highest BCUT2D eigenvalue weighted by Crippen LogP contribution is 2.33. The Hall–Kier alpha value is -1.96. The van der Waals surface area contributed by atoms with Crippen LogP contribution in [-0.4, -0.2) is 11.1 Å². The summed E-state index contributed by atoms with van der Waals surface area (Å²) in [5, 5.41) is 9.48. The number of nitrogens with zero attached hydrogens (tertiary/aromatic N) is 2. The molecule has 0 bridgehead atoms. The molecular weight excluding hydrogens is 311 g/mol. The average Bonchev–Trinajstić information content (AvgIpc) is 2.43. The summed E-state index contributed by atoms with van der Waals surface area (Å²) in [6, 6.07) is 8.37. The zero-order chi connectivity index (χ0) is 15.4. The minimum absolute atomic E-state index is 0.0188. The zero-order valence-corrected chi connectivity index (χ0v) is 12.9. The first-order valence-electron chi connectivity index (χ1n) is 6.19. The largest absolute Gasteiger partial charge is 0.474 e. The summed E-state index contributed by atoms with van der Waals surface area (Å²) < 4.78 is 11.0. The van der Waals surface area contributed by atoms with Gasteiger partial charge in [0.15, 0.2) is 0 Å². The Bertz CT molecular complexity index is 697. The highest BCUT2D eigenvalue weighted by molar-refractivity contribution is 6.32.